The van der Waals surface area contributed by atoms with Gasteiger partial charge in [0.25, 0.3) is 0 Å². The first kappa shape index (κ1) is 15.9. The predicted octanol–water partition coefficient (Wildman–Crippen LogP) is 4.32. The van der Waals surface area contributed by atoms with E-state index in [0.29, 0.717) is 0 Å². The summed E-state index contributed by atoms with van der Waals surface area (Å²) >= 11 is 1.52. The van der Waals surface area contributed by atoms with E-state index in [0.717, 1.165) is 38.3 Å². The van der Waals surface area contributed by atoms with Crippen LogP contribution in [0.15, 0.2) is 60.8 Å². The zero-order valence-electron chi connectivity index (χ0n) is 14.9. The van der Waals surface area contributed by atoms with Gasteiger partial charge in [0.2, 0.25) is 4.96 Å². The summed E-state index contributed by atoms with van der Waals surface area (Å²) in [5.74, 6) is 0.751. The highest BCUT2D eigenvalue weighted by Crippen LogP contribution is 2.30. The zero-order chi connectivity index (χ0) is 18.4. The molecule has 0 atom stereocenters. The van der Waals surface area contributed by atoms with Gasteiger partial charge in [0.1, 0.15) is 0 Å². The fraction of sp³-hybridized carbons (Fsp3) is 0.100. The minimum Gasteiger partial charge on any atom is -0.237 e. The molecule has 0 saturated carbocycles. The van der Waals surface area contributed by atoms with Gasteiger partial charge < -0.3 is 0 Å². The molecule has 0 N–H and O–H groups in total. The summed E-state index contributed by atoms with van der Waals surface area (Å²) < 4.78 is 3.74. The zero-order valence-corrected chi connectivity index (χ0v) is 15.7. The molecular weight excluding hydrogens is 356 g/mol. The summed E-state index contributed by atoms with van der Waals surface area (Å²) in [4.78, 5) is 0.771. The van der Waals surface area contributed by atoms with Crippen LogP contribution in [0.4, 0.5) is 0 Å². The molecule has 5 aromatic rings. The Morgan fingerprint density at radius 3 is 2.44 bits per heavy atom. The molecule has 0 aliphatic heterocycles. The first-order chi connectivity index (χ1) is 13.2. The molecular formula is C20H16N6S. The Bertz CT molecular complexity index is 1230. The Morgan fingerprint density at radius 1 is 0.889 bits per heavy atom. The van der Waals surface area contributed by atoms with Crippen molar-refractivity contribution in [1.29, 1.82) is 0 Å². The number of para-hydroxylation sites is 1. The molecule has 0 spiro atoms. The number of aryl methyl sites for hydroxylation is 1. The minimum atomic E-state index is 0.751. The van der Waals surface area contributed by atoms with E-state index in [1.165, 1.54) is 16.9 Å². The molecule has 0 aliphatic carbocycles. The van der Waals surface area contributed by atoms with E-state index in [9.17, 15) is 0 Å². The van der Waals surface area contributed by atoms with Gasteiger partial charge in [-0.3, -0.25) is 0 Å². The van der Waals surface area contributed by atoms with Crippen LogP contribution in [0.1, 0.15) is 11.3 Å². The standard InChI is InChI=1S/C20H16N6S/c1-13-8-10-15(11-9-13)18-22-23-20-26(18)24-19(27-20)17-12-21-25(14(17)2)16-6-4-3-5-7-16/h3-12H,1-2H3. The maximum Gasteiger partial charge on any atom is 0.235 e. The molecule has 0 saturated heterocycles. The molecule has 0 amide bonds. The number of benzene rings is 2. The van der Waals surface area contributed by atoms with Gasteiger partial charge in [-0.15, -0.1) is 10.2 Å². The fourth-order valence-electron chi connectivity index (χ4n) is 3.06. The largest absolute Gasteiger partial charge is 0.237 e. The van der Waals surface area contributed by atoms with Crippen LogP contribution in [-0.2, 0) is 0 Å². The van der Waals surface area contributed by atoms with E-state index in [1.807, 2.05) is 57.9 Å². The number of hydrogen-bond acceptors (Lipinski definition) is 5. The summed E-state index contributed by atoms with van der Waals surface area (Å²) in [5.41, 5.74) is 5.29. The first-order valence-corrected chi connectivity index (χ1v) is 9.42. The third-order valence-corrected chi connectivity index (χ3v) is 5.47. The van der Waals surface area contributed by atoms with E-state index < -0.39 is 0 Å². The lowest BCUT2D eigenvalue weighted by molar-refractivity contribution is 0.847. The number of rotatable bonds is 3. The highest BCUT2D eigenvalue weighted by atomic mass is 32.1. The van der Waals surface area contributed by atoms with E-state index in [-0.39, 0.29) is 0 Å². The molecule has 27 heavy (non-hydrogen) atoms. The van der Waals surface area contributed by atoms with Crippen LogP contribution in [0.5, 0.6) is 0 Å². The highest BCUT2D eigenvalue weighted by Gasteiger charge is 2.18. The molecule has 6 nitrogen and oxygen atoms in total. The van der Waals surface area contributed by atoms with Crippen molar-refractivity contribution in [2.75, 3.05) is 0 Å². The first-order valence-electron chi connectivity index (χ1n) is 8.60. The van der Waals surface area contributed by atoms with Gasteiger partial charge in [0.05, 0.1) is 23.1 Å². The summed E-state index contributed by atoms with van der Waals surface area (Å²) in [6.07, 6.45) is 1.86. The SMILES string of the molecule is Cc1ccc(-c2nnc3sc(-c4cnn(-c5ccccc5)c4C)nn23)cc1. The van der Waals surface area contributed by atoms with Gasteiger partial charge >= 0.3 is 0 Å². The van der Waals surface area contributed by atoms with Crippen molar-refractivity contribution in [2.45, 2.75) is 13.8 Å². The molecule has 3 aromatic heterocycles. The van der Waals surface area contributed by atoms with Crippen LogP contribution in [0.2, 0.25) is 0 Å². The average Bonchev–Trinajstić information content (AvgIpc) is 3.37. The smallest absolute Gasteiger partial charge is 0.235 e. The van der Waals surface area contributed by atoms with E-state index in [2.05, 4.69) is 41.3 Å². The van der Waals surface area contributed by atoms with Crippen LogP contribution in [0.25, 0.3) is 32.6 Å². The van der Waals surface area contributed by atoms with Gasteiger partial charge in [-0.25, -0.2) is 4.68 Å². The predicted molar refractivity (Wildman–Crippen MR) is 106 cm³/mol. The molecule has 5 rings (SSSR count). The van der Waals surface area contributed by atoms with Crippen molar-refractivity contribution in [2.24, 2.45) is 0 Å². The second-order valence-corrected chi connectivity index (χ2v) is 7.34. The van der Waals surface area contributed by atoms with Crippen LogP contribution in [0.3, 0.4) is 0 Å². The topological polar surface area (TPSA) is 60.9 Å². The minimum absolute atomic E-state index is 0.751. The van der Waals surface area contributed by atoms with Crippen LogP contribution in [-0.4, -0.2) is 29.6 Å². The maximum absolute atomic E-state index is 4.77. The molecule has 132 valence electrons. The molecule has 0 aliphatic rings. The van der Waals surface area contributed by atoms with Crippen molar-refractivity contribution in [3.05, 3.63) is 72.1 Å². The monoisotopic (exact) mass is 372 g/mol. The average molecular weight is 372 g/mol. The molecule has 2 aromatic carbocycles. The molecule has 0 bridgehead atoms. The van der Waals surface area contributed by atoms with Crippen molar-refractivity contribution in [1.82, 2.24) is 29.6 Å². The summed E-state index contributed by atoms with van der Waals surface area (Å²) in [6, 6.07) is 18.3. The van der Waals surface area contributed by atoms with Crippen molar-refractivity contribution in [3.8, 4) is 27.6 Å². The fourth-order valence-corrected chi connectivity index (χ4v) is 3.96. The Balaban J connectivity index is 1.59. The summed E-state index contributed by atoms with van der Waals surface area (Å²) in [6.45, 7) is 4.12. The lowest BCUT2D eigenvalue weighted by atomic mass is 10.1. The van der Waals surface area contributed by atoms with Crippen molar-refractivity contribution < 1.29 is 0 Å². The number of fused-ring (bicyclic) bond motifs is 1. The van der Waals surface area contributed by atoms with E-state index in [4.69, 9.17) is 5.10 Å². The molecule has 3 heterocycles. The highest BCUT2D eigenvalue weighted by molar-refractivity contribution is 7.19. The van der Waals surface area contributed by atoms with Gasteiger partial charge in [-0.1, -0.05) is 59.4 Å². The molecule has 0 fully saturated rings. The Kier molecular flexibility index (Phi) is 3.61. The quantitative estimate of drug-likeness (QED) is 0.473. The van der Waals surface area contributed by atoms with E-state index >= 15 is 0 Å². The Hall–Kier alpha value is -3.32. The normalized spacial score (nSPS) is 11.3. The third-order valence-electron chi connectivity index (χ3n) is 4.54. The van der Waals surface area contributed by atoms with Crippen LogP contribution >= 0.6 is 11.3 Å². The van der Waals surface area contributed by atoms with Gasteiger partial charge in [-0.2, -0.15) is 14.7 Å². The van der Waals surface area contributed by atoms with Crippen LogP contribution < -0.4 is 0 Å². The summed E-state index contributed by atoms with van der Waals surface area (Å²) in [7, 11) is 0. The number of nitrogens with zero attached hydrogens (tertiary/aromatic N) is 6. The third kappa shape index (κ3) is 2.63. The van der Waals surface area contributed by atoms with Gasteiger partial charge in [0.15, 0.2) is 10.8 Å². The molecule has 0 unspecified atom stereocenters. The van der Waals surface area contributed by atoms with Gasteiger partial charge in [0, 0.05) is 5.56 Å². The van der Waals surface area contributed by atoms with Gasteiger partial charge in [-0.05, 0) is 26.0 Å². The molecule has 0 radical (unpaired) electrons. The lowest BCUT2D eigenvalue weighted by Crippen LogP contribution is -1.98. The van der Waals surface area contributed by atoms with E-state index in [1.54, 1.807) is 0 Å². The number of aromatic nitrogens is 6. The summed E-state index contributed by atoms with van der Waals surface area (Å²) in [5, 5.41) is 18.8. The van der Waals surface area contributed by atoms with Crippen molar-refractivity contribution >= 4 is 16.3 Å². The Labute approximate surface area is 159 Å². The van der Waals surface area contributed by atoms with Crippen molar-refractivity contribution in [3.63, 3.8) is 0 Å². The Morgan fingerprint density at radius 2 is 1.67 bits per heavy atom. The second-order valence-electron chi connectivity index (χ2n) is 6.38. The molecule has 7 heteroatoms. The second kappa shape index (κ2) is 6.14. The number of hydrogen-bond donors (Lipinski definition) is 0. The van der Waals surface area contributed by atoms with Crippen LogP contribution in [0, 0.1) is 13.8 Å². The lowest BCUT2D eigenvalue weighted by Gasteiger charge is -2.04. The maximum atomic E-state index is 4.77.